The third-order valence-electron chi connectivity index (χ3n) is 3.26. The second-order valence-electron chi connectivity index (χ2n) is 5.17. The molecule has 3 nitrogen and oxygen atoms in total. The lowest BCUT2D eigenvalue weighted by Gasteiger charge is -2.11. The fraction of sp³-hybridized carbons (Fsp3) is 0.235. The van der Waals surface area contributed by atoms with Gasteiger partial charge in [-0.15, -0.1) is 0 Å². The Hall–Kier alpha value is -1.71. The molecule has 0 aliphatic heterocycles. The van der Waals surface area contributed by atoms with Crippen molar-refractivity contribution in [3.05, 3.63) is 57.6 Å². The highest BCUT2D eigenvalue weighted by Crippen LogP contribution is 2.25. The van der Waals surface area contributed by atoms with E-state index < -0.39 is 0 Å². The van der Waals surface area contributed by atoms with E-state index in [1.165, 1.54) is 5.56 Å². The van der Waals surface area contributed by atoms with Gasteiger partial charge in [-0.2, -0.15) is 0 Å². The zero-order chi connectivity index (χ0) is 16.1. The largest absolute Gasteiger partial charge is 0.384 e. The molecule has 0 radical (unpaired) electrons. The zero-order valence-corrected chi connectivity index (χ0v) is 14.1. The molecular formula is C17H18Cl2N2O. The molecule has 0 unspecified atom stereocenters. The first kappa shape index (κ1) is 16.7. The summed E-state index contributed by atoms with van der Waals surface area (Å²) in [5.41, 5.74) is 4.05. The summed E-state index contributed by atoms with van der Waals surface area (Å²) < 4.78 is 0. The molecule has 2 aromatic carbocycles. The lowest BCUT2D eigenvalue weighted by molar-refractivity contribution is -0.115. The smallest absolute Gasteiger partial charge is 0.226 e. The van der Waals surface area contributed by atoms with E-state index in [-0.39, 0.29) is 5.91 Å². The van der Waals surface area contributed by atoms with Gasteiger partial charge in [0.05, 0.1) is 10.0 Å². The summed E-state index contributed by atoms with van der Waals surface area (Å²) in [6.07, 6.45) is 0.369. The van der Waals surface area contributed by atoms with Crippen LogP contribution in [0.5, 0.6) is 0 Å². The Morgan fingerprint density at radius 3 is 2.55 bits per heavy atom. The van der Waals surface area contributed by atoms with Crippen LogP contribution in [0.15, 0.2) is 36.4 Å². The van der Waals surface area contributed by atoms with Crippen LogP contribution >= 0.6 is 23.2 Å². The zero-order valence-electron chi connectivity index (χ0n) is 12.5. The Bertz CT molecular complexity index is 686. The second-order valence-corrected chi connectivity index (χ2v) is 5.99. The van der Waals surface area contributed by atoms with Crippen molar-refractivity contribution in [2.75, 3.05) is 17.2 Å². The molecule has 0 aromatic heterocycles. The van der Waals surface area contributed by atoms with Gasteiger partial charge in [-0.25, -0.2) is 0 Å². The van der Waals surface area contributed by atoms with Gasteiger partial charge in [-0.3, -0.25) is 4.79 Å². The first-order valence-corrected chi connectivity index (χ1v) is 7.77. The number of hydrogen-bond acceptors (Lipinski definition) is 2. The number of rotatable bonds is 5. The number of hydrogen-bond donors (Lipinski definition) is 2. The van der Waals surface area contributed by atoms with Gasteiger partial charge in [0.1, 0.15) is 0 Å². The van der Waals surface area contributed by atoms with Crippen molar-refractivity contribution in [3.8, 4) is 0 Å². The van der Waals surface area contributed by atoms with E-state index in [9.17, 15) is 4.79 Å². The third-order valence-corrected chi connectivity index (χ3v) is 4.00. The van der Waals surface area contributed by atoms with E-state index in [4.69, 9.17) is 23.2 Å². The summed E-state index contributed by atoms with van der Waals surface area (Å²) in [5.74, 6) is -0.0730. The highest BCUT2D eigenvalue weighted by molar-refractivity contribution is 6.42. The lowest BCUT2D eigenvalue weighted by atomic mass is 10.1. The molecule has 5 heteroatoms. The van der Waals surface area contributed by atoms with E-state index in [0.717, 1.165) is 11.3 Å². The molecule has 0 spiro atoms. The molecule has 0 saturated heterocycles. The predicted octanol–water partition coefficient (Wildman–Crippen LogP) is 5.05. The molecule has 0 aliphatic carbocycles. The minimum Gasteiger partial charge on any atom is -0.384 e. The molecule has 22 heavy (non-hydrogen) atoms. The summed E-state index contributed by atoms with van der Waals surface area (Å²) >= 11 is 11.8. The monoisotopic (exact) mass is 336 g/mol. The first-order valence-electron chi connectivity index (χ1n) is 7.02. The lowest BCUT2D eigenvalue weighted by Crippen LogP contribution is -2.16. The molecule has 0 heterocycles. The fourth-order valence-electron chi connectivity index (χ4n) is 2.03. The van der Waals surface area contributed by atoms with Crippen molar-refractivity contribution in [3.63, 3.8) is 0 Å². The number of benzene rings is 2. The number of halogens is 2. The van der Waals surface area contributed by atoms with Crippen molar-refractivity contribution in [2.24, 2.45) is 0 Å². The Morgan fingerprint density at radius 2 is 1.82 bits per heavy atom. The number of anilines is 2. The van der Waals surface area contributed by atoms with Crippen LogP contribution in [-0.2, 0) is 4.79 Å². The van der Waals surface area contributed by atoms with Crippen molar-refractivity contribution in [2.45, 2.75) is 20.3 Å². The van der Waals surface area contributed by atoms with Gasteiger partial charge in [0.2, 0.25) is 5.91 Å². The van der Waals surface area contributed by atoms with E-state index in [1.54, 1.807) is 18.2 Å². The summed E-state index contributed by atoms with van der Waals surface area (Å²) in [6, 6.07) is 11.2. The van der Waals surface area contributed by atoms with Gasteiger partial charge in [0.15, 0.2) is 0 Å². The number of carbonyl (C=O) groups is 1. The van der Waals surface area contributed by atoms with Crippen LogP contribution in [0, 0.1) is 13.8 Å². The predicted molar refractivity (Wildman–Crippen MR) is 94.1 cm³/mol. The average Bonchev–Trinajstić information content (AvgIpc) is 2.46. The number of aryl methyl sites for hydroxylation is 2. The third kappa shape index (κ3) is 4.65. The highest BCUT2D eigenvalue weighted by Gasteiger charge is 2.05. The molecule has 0 fully saturated rings. The molecule has 0 aliphatic rings. The minimum absolute atomic E-state index is 0.0730. The van der Waals surface area contributed by atoms with Crippen molar-refractivity contribution >= 4 is 40.5 Å². The molecule has 0 saturated carbocycles. The molecule has 2 N–H and O–H groups in total. The summed E-state index contributed by atoms with van der Waals surface area (Å²) in [5, 5.41) is 6.98. The van der Waals surface area contributed by atoms with Crippen LogP contribution in [0.25, 0.3) is 0 Å². The van der Waals surface area contributed by atoms with E-state index in [1.807, 2.05) is 13.8 Å². The van der Waals surface area contributed by atoms with Gasteiger partial charge in [-0.1, -0.05) is 35.3 Å². The quantitative estimate of drug-likeness (QED) is 0.801. The number of carbonyl (C=O) groups excluding carboxylic acids is 1. The highest BCUT2D eigenvalue weighted by atomic mass is 35.5. The van der Waals surface area contributed by atoms with Gasteiger partial charge in [0, 0.05) is 24.3 Å². The topological polar surface area (TPSA) is 41.1 Å². The summed E-state index contributed by atoms with van der Waals surface area (Å²) in [6.45, 7) is 4.65. The molecule has 2 aromatic rings. The van der Waals surface area contributed by atoms with Crippen molar-refractivity contribution in [1.82, 2.24) is 0 Å². The van der Waals surface area contributed by atoms with Crippen LogP contribution < -0.4 is 10.6 Å². The standard InChI is InChI=1S/C17H18Cl2N2O/c1-11-3-4-12(2)16(9-11)20-8-7-17(22)21-13-5-6-14(18)15(19)10-13/h3-6,9-10,20H,7-8H2,1-2H3,(H,21,22). The molecule has 116 valence electrons. The number of amides is 1. The fourth-order valence-corrected chi connectivity index (χ4v) is 2.33. The number of nitrogens with one attached hydrogen (secondary N) is 2. The maximum Gasteiger partial charge on any atom is 0.226 e. The molecule has 0 bridgehead atoms. The van der Waals surface area contributed by atoms with Crippen LogP contribution in [0.3, 0.4) is 0 Å². The maximum absolute atomic E-state index is 11.9. The minimum atomic E-state index is -0.0730. The van der Waals surface area contributed by atoms with E-state index in [0.29, 0.717) is 28.7 Å². The molecular weight excluding hydrogens is 319 g/mol. The Morgan fingerprint density at radius 1 is 1.05 bits per heavy atom. The molecule has 1 amide bonds. The van der Waals surface area contributed by atoms with Crippen LogP contribution in [0.1, 0.15) is 17.5 Å². The van der Waals surface area contributed by atoms with Crippen LogP contribution in [0.2, 0.25) is 10.0 Å². The average molecular weight is 337 g/mol. The summed E-state index contributed by atoms with van der Waals surface area (Å²) in [4.78, 5) is 11.9. The van der Waals surface area contributed by atoms with Crippen LogP contribution in [-0.4, -0.2) is 12.5 Å². The van der Waals surface area contributed by atoms with Crippen molar-refractivity contribution in [1.29, 1.82) is 0 Å². The van der Waals surface area contributed by atoms with Gasteiger partial charge in [-0.05, 0) is 49.2 Å². The van der Waals surface area contributed by atoms with Crippen LogP contribution in [0.4, 0.5) is 11.4 Å². The first-order chi connectivity index (χ1) is 10.5. The van der Waals surface area contributed by atoms with Crippen molar-refractivity contribution < 1.29 is 4.79 Å². The van der Waals surface area contributed by atoms with Gasteiger partial charge >= 0.3 is 0 Å². The SMILES string of the molecule is Cc1ccc(C)c(NCCC(=O)Nc2ccc(Cl)c(Cl)c2)c1. The Balaban J connectivity index is 1.85. The molecule has 2 rings (SSSR count). The van der Waals surface area contributed by atoms with E-state index >= 15 is 0 Å². The Labute approximate surface area is 140 Å². The van der Waals surface area contributed by atoms with Gasteiger partial charge < -0.3 is 10.6 Å². The van der Waals surface area contributed by atoms with E-state index in [2.05, 4.69) is 28.8 Å². The Kier molecular flexibility index (Phi) is 5.69. The second kappa shape index (κ2) is 7.52. The molecule has 0 atom stereocenters. The normalized spacial score (nSPS) is 10.4. The van der Waals surface area contributed by atoms with Gasteiger partial charge in [0.25, 0.3) is 0 Å². The summed E-state index contributed by atoms with van der Waals surface area (Å²) in [7, 11) is 0. The maximum atomic E-state index is 11.9.